The summed E-state index contributed by atoms with van der Waals surface area (Å²) in [5.74, 6) is -1.49. The molecule has 2 aromatic rings. The third-order valence-electron chi connectivity index (χ3n) is 5.56. The van der Waals surface area contributed by atoms with E-state index >= 15 is 0 Å². The van der Waals surface area contributed by atoms with Gasteiger partial charge in [-0.2, -0.15) is 0 Å². The lowest BCUT2D eigenvalue weighted by atomic mass is 10.1. The highest BCUT2D eigenvalue weighted by atomic mass is 16.5. The number of anilines is 1. The lowest BCUT2D eigenvalue weighted by molar-refractivity contribution is -0.140. The number of methoxy groups -OCH3 is 1. The second-order valence-electron chi connectivity index (χ2n) is 7.55. The highest BCUT2D eigenvalue weighted by Crippen LogP contribution is 2.28. The Morgan fingerprint density at radius 1 is 1.10 bits per heavy atom. The largest absolute Gasteiger partial charge is 0.465 e. The second-order valence-corrected chi connectivity index (χ2v) is 7.55. The Kier molecular flexibility index (Phi) is 6.84. The maximum atomic E-state index is 13.2. The molecule has 1 fully saturated rings. The monoisotopic (exact) mass is 422 g/mol. The molecule has 3 rings (SSSR count). The summed E-state index contributed by atoms with van der Waals surface area (Å²) in [6.07, 6.45) is 0.756. The average molecular weight is 422 g/mol. The van der Waals surface area contributed by atoms with E-state index in [0.29, 0.717) is 17.7 Å². The minimum atomic E-state index is -0.848. The molecule has 162 valence electrons. The summed E-state index contributed by atoms with van der Waals surface area (Å²) in [5.41, 5.74) is 1.54. The predicted molar refractivity (Wildman–Crippen MR) is 115 cm³/mol. The van der Waals surface area contributed by atoms with E-state index in [0.717, 1.165) is 10.5 Å². The number of nitrogens with zero attached hydrogens (tertiary/aromatic N) is 2. The molecule has 7 nitrogen and oxygen atoms in total. The van der Waals surface area contributed by atoms with Crippen LogP contribution in [0.15, 0.2) is 54.6 Å². The summed E-state index contributed by atoms with van der Waals surface area (Å²) in [7, 11) is 1.28. The second kappa shape index (κ2) is 9.55. The van der Waals surface area contributed by atoms with E-state index < -0.39 is 17.9 Å². The summed E-state index contributed by atoms with van der Waals surface area (Å²) in [6, 6.07) is 14.4. The van der Waals surface area contributed by atoms with Crippen LogP contribution in [-0.2, 0) is 25.5 Å². The number of ether oxygens (including phenoxy) is 1. The van der Waals surface area contributed by atoms with E-state index in [2.05, 4.69) is 4.74 Å². The Bertz CT molecular complexity index is 971. The lowest BCUT2D eigenvalue weighted by Crippen LogP contribution is -2.50. The van der Waals surface area contributed by atoms with Crippen molar-refractivity contribution in [3.05, 3.63) is 65.7 Å². The van der Waals surface area contributed by atoms with Crippen LogP contribution in [0.25, 0.3) is 0 Å². The fraction of sp³-hybridized carbons (Fsp3) is 0.333. The summed E-state index contributed by atoms with van der Waals surface area (Å²) in [6.45, 7) is 3.83. The van der Waals surface area contributed by atoms with Gasteiger partial charge in [-0.3, -0.25) is 14.4 Å². The summed E-state index contributed by atoms with van der Waals surface area (Å²) >= 11 is 0. The number of rotatable bonds is 7. The quantitative estimate of drug-likeness (QED) is 0.506. The van der Waals surface area contributed by atoms with Crippen molar-refractivity contribution in [2.45, 2.75) is 45.2 Å². The van der Waals surface area contributed by atoms with E-state index in [1.54, 1.807) is 4.90 Å². The van der Waals surface area contributed by atoms with Crippen LogP contribution in [0.2, 0.25) is 0 Å². The highest BCUT2D eigenvalue weighted by molar-refractivity contribution is 6.23. The standard InChI is InChI=1S/C24H26N2O5/c1-4-16(2)25(21(27)14-17-8-6-5-7-9-17)20-15-22(28)26(23(20)29)19-12-10-18(11-13-19)24(30)31-3/h5-13,16,20H,4,14-15H2,1-3H3. The average Bonchev–Trinajstić information content (AvgIpc) is 3.07. The molecule has 1 heterocycles. The van der Waals surface area contributed by atoms with Crippen LogP contribution in [0.5, 0.6) is 0 Å². The zero-order valence-electron chi connectivity index (χ0n) is 17.9. The first-order chi connectivity index (χ1) is 14.9. The molecule has 1 aliphatic rings. The fourth-order valence-electron chi connectivity index (χ4n) is 3.75. The van der Waals surface area contributed by atoms with E-state index in [4.69, 9.17) is 0 Å². The molecule has 2 unspecified atom stereocenters. The number of carbonyl (C=O) groups is 4. The molecule has 0 N–H and O–H groups in total. The van der Waals surface area contributed by atoms with E-state index in [9.17, 15) is 19.2 Å². The first kappa shape index (κ1) is 22.2. The number of hydrogen-bond acceptors (Lipinski definition) is 5. The maximum Gasteiger partial charge on any atom is 0.337 e. The molecule has 0 saturated carbocycles. The van der Waals surface area contributed by atoms with Gasteiger partial charge in [-0.05, 0) is 43.2 Å². The molecular weight excluding hydrogens is 396 g/mol. The number of esters is 1. The van der Waals surface area contributed by atoms with Gasteiger partial charge in [-0.25, -0.2) is 9.69 Å². The van der Waals surface area contributed by atoms with Crippen molar-refractivity contribution < 1.29 is 23.9 Å². The topological polar surface area (TPSA) is 84.0 Å². The van der Waals surface area contributed by atoms with E-state index in [-0.39, 0.29) is 30.7 Å². The van der Waals surface area contributed by atoms with E-state index in [1.165, 1.54) is 31.4 Å². The van der Waals surface area contributed by atoms with Gasteiger partial charge in [-0.1, -0.05) is 37.3 Å². The van der Waals surface area contributed by atoms with Crippen molar-refractivity contribution in [3.63, 3.8) is 0 Å². The number of hydrogen-bond donors (Lipinski definition) is 0. The molecule has 3 amide bonds. The van der Waals surface area contributed by atoms with Gasteiger partial charge in [0.25, 0.3) is 5.91 Å². The van der Waals surface area contributed by atoms with Crippen molar-refractivity contribution in [2.75, 3.05) is 12.0 Å². The van der Waals surface area contributed by atoms with Crippen LogP contribution < -0.4 is 4.90 Å². The van der Waals surface area contributed by atoms with Gasteiger partial charge in [0, 0.05) is 6.04 Å². The van der Waals surface area contributed by atoms with E-state index in [1.807, 2.05) is 44.2 Å². The molecule has 1 aliphatic heterocycles. The first-order valence-corrected chi connectivity index (χ1v) is 10.3. The Balaban J connectivity index is 1.84. The Hall–Kier alpha value is -3.48. The molecule has 0 bridgehead atoms. The van der Waals surface area contributed by atoms with Crippen LogP contribution in [0.3, 0.4) is 0 Å². The number of imide groups is 1. The fourth-order valence-corrected chi connectivity index (χ4v) is 3.75. The van der Waals surface area contributed by atoms with Crippen molar-refractivity contribution in [1.82, 2.24) is 4.90 Å². The van der Waals surface area contributed by atoms with Crippen molar-refractivity contribution in [1.29, 1.82) is 0 Å². The van der Waals surface area contributed by atoms with Gasteiger partial charge in [0.15, 0.2) is 0 Å². The van der Waals surface area contributed by atoms with Crippen LogP contribution in [0.1, 0.15) is 42.6 Å². The molecule has 0 aliphatic carbocycles. The molecule has 0 radical (unpaired) electrons. The van der Waals surface area contributed by atoms with Gasteiger partial charge in [0.2, 0.25) is 11.8 Å². The smallest absolute Gasteiger partial charge is 0.337 e. The number of amides is 3. The summed E-state index contributed by atoms with van der Waals surface area (Å²) in [4.78, 5) is 53.4. The van der Waals surface area contributed by atoms with Crippen LogP contribution in [0, 0.1) is 0 Å². The zero-order valence-corrected chi connectivity index (χ0v) is 17.9. The first-order valence-electron chi connectivity index (χ1n) is 10.3. The normalized spacial score (nSPS) is 16.9. The molecular formula is C24H26N2O5. The summed E-state index contributed by atoms with van der Waals surface area (Å²) in [5, 5.41) is 0. The van der Waals surface area contributed by atoms with Crippen LogP contribution in [0.4, 0.5) is 5.69 Å². The molecule has 0 aromatic heterocycles. The third kappa shape index (κ3) is 4.66. The minimum absolute atomic E-state index is 0.0670. The SMILES string of the molecule is CCC(C)N(C(=O)Cc1ccccc1)C1CC(=O)N(c2ccc(C(=O)OC)cc2)C1=O. The Morgan fingerprint density at radius 2 is 1.74 bits per heavy atom. The minimum Gasteiger partial charge on any atom is -0.465 e. The van der Waals surface area contributed by atoms with Crippen LogP contribution in [-0.4, -0.2) is 47.8 Å². The van der Waals surface area contributed by atoms with Crippen molar-refractivity contribution in [3.8, 4) is 0 Å². The van der Waals surface area contributed by atoms with Gasteiger partial charge < -0.3 is 9.64 Å². The lowest BCUT2D eigenvalue weighted by Gasteiger charge is -2.33. The van der Waals surface area contributed by atoms with Gasteiger partial charge >= 0.3 is 5.97 Å². The van der Waals surface area contributed by atoms with Gasteiger partial charge in [0.05, 0.1) is 31.2 Å². The molecule has 31 heavy (non-hydrogen) atoms. The van der Waals surface area contributed by atoms with Crippen molar-refractivity contribution in [2.24, 2.45) is 0 Å². The number of benzene rings is 2. The van der Waals surface area contributed by atoms with Crippen LogP contribution >= 0.6 is 0 Å². The van der Waals surface area contributed by atoms with Gasteiger partial charge in [0.1, 0.15) is 6.04 Å². The molecule has 1 saturated heterocycles. The zero-order chi connectivity index (χ0) is 22.5. The maximum absolute atomic E-state index is 13.2. The van der Waals surface area contributed by atoms with Gasteiger partial charge in [-0.15, -0.1) is 0 Å². The summed E-state index contributed by atoms with van der Waals surface area (Å²) < 4.78 is 4.68. The molecule has 2 atom stereocenters. The Labute approximate surface area is 181 Å². The van der Waals surface area contributed by atoms with Crippen molar-refractivity contribution >= 4 is 29.4 Å². The predicted octanol–water partition coefficient (Wildman–Crippen LogP) is 2.97. The number of carbonyl (C=O) groups excluding carboxylic acids is 4. The third-order valence-corrected chi connectivity index (χ3v) is 5.56. The molecule has 2 aromatic carbocycles. The Morgan fingerprint density at radius 3 is 2.32 bits per heavy atom. The highest BCUT2D eigenvalue weighted by Gasteiger charge is 2.45. The molecule has 0 spiro atoms. The molecule has 7 heteroatoms.